The zero-order valence-corrected chi connectivity index (χ0v) is 11.3. The largest absolute Gasteiger partial charge is 0.353 e. The van der Waals surface area contributed by atoms with Crippen LogP contribution >= 0.6 is 15.9 Å². The number of hydrogen-bond acceptors (Lipinski definition) is 3. The maximum absolute atomic E-state index is 14.0. The van der Waals surface area contributed by atoms with Crippen LogP contribution in [0.5, 0.6) is 0 Å². The molecule has 0 unspecified atom stereocenters. The Labute approximate surface area is 104 Å². The third kappa shape index (κ3) is 3.14. The summed E-state index contributed by atoms with van der Waals surface area (Å²) in [6.45, 7) is 5.53. The fraction of sp³-hybridized carbons (Fsp3) is 0.636. The lowest BCUT2D eigenvalue weighted by Gasteiger charge is -2.22. The summed E-state index contributed by atoms with van der Waals surface area (Å²) in [7, 11) is 0. The Hall–Kier alpha value is -0.710. The molecular weight excluding hydrogens is 273 g/mol. The second-order valence-corrected chi connectivity index (χ2v) is 4.28. The van der Waals surface area contributed by atoms with E-state index in [1.807, 2.05) is 11.8 Å². The first kappa shape index (κ1) is 13.4. The van der Waals surface area contributed by atoms with Crippen molar-refractivity contribution < 1.29 is 4.39 Å². The maximum atomic E-state index is 14.0. The first-order valence-electron chi connectivity index (χ1n) is 5.54. The standard InChI is InChI=1S/C11H17BrFN3/c1-3-6-16(7-5-12)11-10(13)9(4-2)14-8-15-11/h8H,3-7H2,1-2H3. The highest BCUT2D eigenvalue weighted by molar-refractivity contribution is 9.09. The average molecular weight is 290 g/mol. The zero-order valence-electron chi connectivity index (χ0n) is 9.71. The van der Waals surface area contributed by atoms with E-state index in [9.17, 15) is 4.39 Å². The molecule has 5 heteroatoms. The van der Waals surface area contributed by atoms with Gasteiger partial charge >= 0.3 is 0 Å². The van der Waals surface area contributed by atoms with Crippen LogP contribution < -0.4 is 4.90 Å². The molecule has 1 aromatic heterocycles. The molecule has 0 spiro atoms. The van der Waals surface area contributed by atoms with E-state index in [2.05, 4.69) is 32.8 Å². The van der Waals surface area contributed by atoms with Crippen molar-refractivity contribution in [2.24, 2.45) is 0 Å². The van der Waals surface area contributed by atoms with E-state index < -0.39 is 0 Å². The molecule has 16 heavy (non-hydrogen) atoms. The minimum Gasteiger partial charge on any atom is -0.353 e. The molecule has 0 radical (unpaired) electrons. The number of aryl methyl sites for hydroxylation is 1. The summed E-state index contributed by atoms with van der Waals surface area (Å²) < 4.78 is 14.0. The van der Waals surface area contributed by atoms with Gasteiger partial charge in [-0.15, -0.1) is 0 Å². The summed E-state index contributed by atoms with van der Waals surface area (Å²) in [6.07, 6.45) is 3.00. The summed E-state index contributed by atoms with van der Waals surface area (Å²) in [5, 5.41) is 0.803. The number of nitrogens with zero attached hydrogens (tertiary/aromatic N) is 3. The topological polar surface area (TPSA) is 29.0 Å². The molecule has 0 saturated carbocycles. The van der Waals surface area contributed by atoms with Gasteiger partial charge in [0.2, 0.25) is 0 Å². The van der Waals surface area contributed by atoms with E-state index in [4.69, 9.17) is 0 Å². The molecule has 1 rings (SSSR count). The van der Waals surface area contributed by atoms with Crippen LogP contribution in [0.15, 0.2) is 6.33 Å². The van der Waals surface area contributed by atoms with Crippen LogP contribution in [-0.2, 0) is 6.42 Å². The van der Waals surface area contributed by atoms with Crippen LogP contribution in [0.4, 0.5) is 10.2 Å². The van der Waals surface area contributed by atoms with Gasteiger partial charge in [0.15, 0.2) is 11.6 Å². The molecule has 0 aliphatic carbocycles. The minimum absolute atomic E-state index is 0.278. The van der Waals surface area contributed by atoms with Crippen molar-refractivity contribution >= 4 is 21.7 Å². The van der Waals surface area contributed by atoms with Gasteiger partial charge in [-0.25, -0.2) is 14.4 Å². The Balaban J connectivity index is 2.98. The first-order valence-corrected chi connectivity index (χ1v) is 6.67. The molecular formula is C11H17BrFN3. The monoisotopic (exact) mass is 289 g/mol. The van der Waals surface area contributed by atoms with E-state index in [1.54, 1.807) is 0 Å². The van der Waals surface area contributed by atoms with Crippen molar-refractivity contribution in [1.29, 1.82) is 0 Å². The Bertz CT molecular complexity index is 327. The predicted molar refractivity (Wildman–Crippen MR) is 67.7 cm³/mol. The molecule has 0 aliphatic heterocycles. The Morgan fingerprint density at radius 1 is 1.31 bits per heavy atom. The normalized spacial score (nSPS) is 10.5. The molecule has 0 fully saturated rings. The number of alkyl halides is 1. The van der Waals surface area contributed by atoms with Crippen molar-refractivity contribution in [3.8, 4) is 0 Å². The van der Waals surface area contributed by atoms with Crippen LogP contribution in [0.2, 0.25) is 0 Å². The fourth-order valence-corrected chi connectivity index (χ4v) is 1.99. The predicted octanol–water partition coefficient (Wildman–Crippen LogP) is 2.79. The van der Waals surface area contributed by atoms with Crippen molar-refractivity contribution in [2.45, 2.75) is 26.7 Å². The van der Waals surface area contributed by atoms with E-state index in [1.165, 1.54) is 6.33 Å². The molecule has 0 aliphatic rings. The number of hydrogen-bond donors (Lipinski definition) is 0. The third-order valence-electron chi connectivity index (χ3n) is 2.33. The molecule has 90 valence electrons. The second-order valence-electron chi connectivity index (χ2n) is 3.49. The van der Waals surface area contributed by atoms with Gasteiger partial charge in [-0.2, -0.15) is 0 Å². The Morgan fingerprint density at radius 2 is 2.06 bits per heavy atom. The first-order chi connectivity index (χ1) is 7.74. The second kappa shape index (κ2) is 6.78. The molecule has 0 aromatic carbocycles. The number of anilines is 1. The Morgan fingerprint density at radius 3 is 2.62 bits per heavy atom. The van der Waals surface area contributed by atoms with Crippen LogP contribution in [0.3, 0.4) is 0 Å². The third-order valence-corrected chi connectivity index (χ3v) is 2.68. The quantitative estimate of drug-likeness (QED) is 0.754. The van der Waals surface area contributed by atoms with Gasteiger partial charge in [0, 0.05) is 18.4 Å². The summed E-state index contributed by atoms with van der Waals surface area (Å²) in [4.78, 5) is 9.93. The van der Waals surface area contributed by atoms with Crippen LogP contribution in [0, 0.1) is 5.82 Å². The minimum atomic E-state index is -0.278. The van der Waals surface area contributed by atoms with Crippen LogP contribution in [0.1, 0.15) is 26.0 Å². The molecule has 3 nitrogen and oxygen atoms in total. The lowest BCUT2D eigenvalue weighted by atomic mass is 10.3. The SMILES string of the molecule is CCCN(CCBr)c1ncnc(CC)c1F. The van der Waals surface area contributed by atoms with E-state index >= 15 is 0 Å². The maximum Gasteiger partial charge on any atom is 0.187 e. The fourth-order valence-electron chi connectivity index (χ4n) is 1.56. The number of aromatic nitrogens is 2. The molecule has 0 bridgehead atoms. The van der Waals surface area contributed by atoms with E-state index in [0.717, 1.165) is 24.8 Å². The van der Waals surface area contributed by atoms with Gasteiger partial charge in [-0.05, 0) is 12.8 Å². The van der Waals surface area contributed by atoms with Crippen LogP contribution in [0.25, 0.3) is 0 Å². The van der Waals surface area contributed by atoms with Gasteiger partial charge in [0.1, 0.15) is 6.33 Å². The van der Waals surface area contributed by atoms with E-state index in [-0.39, 0.29) is 5.82 Å². The molecule has 0 saturated heterocycles. The Kier molecular flexibility index (Phi) is 5.66. The van der Waals surface area contributed by atoms with Crippen molar-refractivity contribution in [1.82, 2.24) is 9.97 Å². The lowest BCUT2D eigenvalue weighted by Crippen LogP contribution is -2.28. The summed E-state index contributed by atoms with van der Waals surface area (Å²) >= 11 is 3.37. The van der Waals surface area contributed by atoms with Crippen LogP contribution in [-0.4, -0.2) is 28.4 Å². The smallest absolute Gasteiger partial charge is 0.187 e. The molecule has 0 amide bonds. The molecule has 0 N–H and O–H groups in total. The van der Waals surface area contributed by atoms with Gasteiger partial charge < -0.3 is 4.90 Å². The van der Waals surface area contributed by atoms with Crippen molar-refractivity contribution in [3.63, 3.8) is 0 Å². The summed E-state index contributed by atoms with van der Waals surface area (Å²) in [6, 6.07) is 0. The zero-order chi connectivity index (χ0) is 12.0. The highest BCUT2D eigenvalue weighted by Crippen LogP contribution is 2.18. The van der Waals surface area contributed by atoms with Gasteiger partial charge in [-0.3, -0.25) is 0 Å². The van der Waals surface area contributed by atoms with Gasteiger partial charge in [0.05, 0.1) is 5.69 Å². The number of halogens is 2. The van der Waals surface area contributed by atoms with Gasteiger partial charge in [-0.1, -0.05) is 29.8 Å². The highest BCUT2D eigenvalue weighted by Gasteiger charge is 2.15. The van der Waals surface area contributed by atoms with Crippen molar-refractivity contribution in [3.05, 3.63) is 17.8 Å². The molecule has 1 heterocycles. The summed E-state index contributed by atoms with van der Waals surface area (Å²) in [5.41, 5.74) is 0.487. The van der Waals surface area contributed by atoms with Gasteiger partial charge in [0.25, 0.3) is 0 Å². The molecule has 0 atom stereocenters. The van der Waals surface area contributed by atoms with Crippen molar-refractivity contribution in [2.75, 3.05) is 23.3 Å². The highest BCUT2D eigenvalue weighted by atomic mass is 79.9. The lowest BCUT2D eigenvalue weighted by molar-refractivity contribution is 0.583. The van der Waals surface area contributed by atoms with E-state index in [0.29, 0.717) is 17.9 Å². The average Bonchev–Trinajstić information content (AvgIpc) is 2.29. The molecule has 1 aromatic rings. The summed E-state index contributed by atoms with van der Waals surface area (Å²) in [5.74, 6) is 0.146. The number of rotatable bonds is 6.